The highest BCUT2D eigenvalue weighted by molar-refractivity contribution is 6.36. The van der Waals surface area contributed by atoms with E-state index in [2.05, 4.69) is 6.07 Å². The van der Waals surface area contributed by atoms with Crippen LogP contribution in [-0.4, -0.2) is 5.11 Å². The Morgan fingerprint density at radius 2 is 1.87 bits per heavy atom. The van der Waals surface area contributed by atoms with Crippen molar-refractivity contribution in [3.8, 4) is 16.9 Å². The molecule has 0 aliphatic carbocycles. The van der Waals surface area contributed by atoms with Gasteiger partial charge in [-0.25, -0.2) is 0 Å². The molecule has 1 N–H and O–H groups in total. The predicted octanol–water partition coefficient (Wildman–Crippen LogP) is 4.17. The van der Waals surface area contributed by atoms with Crippen LogP contribution in [0.5, 0.6) is 5.75 Å². The van der Waals surface area contributed by atoms with Crippen molar-refractivity contribution in [2.24, 2.45) is 0 Å². The first kappa shape index (κ1) is 10.3. The Bertz CT molecular complexity index is 495. The highest BCUT2D eigenvalue weighted by atomic mass is 35.5. The number of hydrogen-bond donors (Lipinski definition) is 1. The summed E-state index contributed by atoms with van der Waals surface area (Å²) in [6.07, 6.45) is 0. The van der Waals surface area contributed by atoms with E-state index in [1.54, 1.807) is 30.3 Å². The van der Waals surface area contributed by atoms with Crippen LogP contribution in [0.3, 0.4) is 0 Å². The molecule has 1 radical (unpaired) electrons. The van der Waals surface area contributed by atoms with E-state index >= 15 is 0 Å². The molecule has 0 aliphatic heterocycles. The summed E-state index contributed by atoms with van der Waals surface area (Å²) in [5.74, 6) is 0.207. The minimum atomic E-state index is 0.207. The van der Waals surface area contributed by atoms with Crippen LogP contribution in [-0.2, 0) is 0 Å². The molecule has 0 unspecified atom stereocenters. The third kappa shape index (κ3) is 2.25. The average Bonchev–Trinajstić information content (AvgIpc) is 2.17. The fourth-order valence-corrected chi connectivity index (χ4v) is 1.82. The lowest BCUT2D eigenvalue weighted by atomic mass is 10.1. The van der Waals surface area contributed by atoms with Crippen LogP contribution in [0.4, 0.5) is 0 Å². The molecule has 0 aliphatic rings. The molecule has 0 saturated carbocycles. The molecule has 0 aromatic heterocycles. The Balaban J connectivity index is 2.54. The van der Waals surface area contributed by atoms with Crippen LogP contribution >= 0.6 is 23.2 Å². The lowest BCUT2D eigenvalue weighted by molar-refractivity contribution is 0.475. The maximum atomic E-state index is 9.34. The van der Waals surface area contributed by atoms with Crippen molar-refractivity contribution in [1.82, 2.24) is 0 Å². The molecular weight excluding hydrogens is 231 g/mol. The van der Waals surface area contributed by atoms with Crippen LogP contribution in [0.25, 0.3) is 11.1 Å². The van der Waals surface area contributed by atoms with Gasteiger partial charge in [-0.3, -0.25) is 0 Å². The van der Waals surface area contributed by atoms with Gasteiger partial charge in [0.05, 0.1) is 10.0 Å². The highest BCUT2D eigenvalue weighted by Gasteiger charge is 2.04. The van der Waals surface area contributed by atoms with Gasteiger partial charge in [-0.05, 0) is 23.8 Å². The van der Waals surface area contributed by atoms with Crippen LogP contribution in [0.2, 0.25) is 10.0 Å². The smallest absolute Gasteiger partial charge is 0.116 e. The maximum Gasteiger partial charge on any atom is 0.116 e. The van der Waals surface area contributed by atoms with Gasteiger partial charge in [-0.1, -0.05) is 41.4 Å². The van der Waals surface area contributed by atoms with E-state index in [4.69, 9.17) is 23.2 Å². The van der Waals surface area contributed by atoms with Crippen LogP contribution in [0.15, 0.2) is 36.4 Å². The van der Waals surface area contributed by atoms with E-state index in [9.17, 15) is 5.11 Å². The minimum absolute atomic E-state index is 0.207. The molecule has 75 valence electrons. The van der Waals surface area contributed by atoms with E-state index in [0.717, 1.165) is 11.1 Å². The number of phenolic OH excluding ortho intramolecular Hbond substituents is 1. The third-order valence-electron chi connectivity index (χ3n) is 2.02. The summed E-state index contributed by atoms with van der Waals surface area (Å²) in [6.45, 7) is 0. The van der Waals surface area contributed by atoms with Crippen molar-refractivity contribution >= 4 is 23.2 Å². The molecule has 0 saturated heterocycles. The van der Waals surface area contributed by atoms with Crippen molar-refractivity contribution < 1.29 is 5.11 Å². The van der Waals surface area contributed by atoms with E-state index in [1.165, 1.54) is 0 Å². The largest absolute Gasteiger partial charge is 0.508 e. The number of rotatable bonds is 1. The number of phenols is 1. The summed E-state index contributed by atoms with van der Waals surface area (Å²) in [4.78, 5) is 0. The SMILES string of the molecule is Oc1cccc(-c2ccc(Cl)[c]c2Cl)c1. The summed E-state index contributed by atoms with van der Waals surface area (Å²) in [5, 5.41) is 10.3. The number of halogens is 2. The van der Waals surface area contributed by atoms with Crippen molar-refractivity contribution in [3.05, 3.63) is 52.5 Å². The van der Waals surface area contributed by atoms with Gasteiger partial charge >= 0.3 is 0 Å². The zero-order valence-corrected chi connectivity index (χ0v) is 9.18. The number of hydrogen-bond acceptors (Lipinski definition) is 1. The Kier molecular flexibility index (Phi) is 2.85. The standard InChI is InChI=1S/C12H7Cl2O/c13-9-4-5-11(12(14)7-9)8-2-1-3-10(15)6-8/h1-6,15H. The Morgan fingerprint density at radius 3 is 2.53 bits per heavy atom. The second-order valence-electron chi connectivity index (χ2n) is 3.08. The molecule has 0 heterocycles. The molecule has 3 heteroatoms. The van der Waals surface area contributed by atoms with Crippen LogP contribution in [0.1, 0.15) is 0 Å². The molecule has 0 fully saturated rings. The molecule has 2 rings (SSSR count). The van der Waals surface area contributed by atoms with Crippen LogP contribution in [0, 0.1) is 6.07 Å². The Morgan fingerprint density at radius 1 is 1.07 bits per heavy atom. The van der Waals surface area contributed by atoms with Crippen LogP contribution < -0.4 is 0 Å². The quantitative estimate of drug-likeness (QED) is 0.790. The molecule has 2 aromatic carbocycles. The van der Waals surface area contributed by atoms with E-state index in [0.29, 0.717) is 10.0 Å². The monoisotopic (exact) mass is 237 g/mol. The summed E-state index contributed by atoms with van der Waals surface area (Å²) >= 11 is 11.7. The molecule has 0 spiro atoms. The van der Waals surface area contributed by atoms with Gasteiger partial charge in [0.25, 0.3) is 0 Å². The maximum absolute atomic E-state index is 9.34. The first-order valence-corrected chi connectivity index (χ1v) is 5.09. The third-order valence-corrected chi connectivity index (χ3v) is 2.54. The van der Waals surface area contributed by atoms with Gasteiger partial charge in [-0.2, -0.15) is 0 Å². The molecular formula is C12H7Cl2O. The second kappa shape index (κ2) is 4.13. The average molecular weight is 238 g/mol. The normalized spacial score (nSPS) is 10.3. The highest BCUT2D eigenvalue weighted by Crippen LogP contribution is 2.31. The predicted molar refractivity (Wildman–Crippen MR) is 62.4 cm³/mol. The molecule has 0 amide bonds. The van der Waals surface area contributed by atoms with Gasteiger partial charge in [-0.15, -0.1) is 0 Å². The summed E-state index contributed by atoms with van der Waals surface area (Å²) in [7, 11) is 0. The van der Waals surface area contributed by atoms with E-state index in [1.807, 2.05) is 6.07 Å². The zero-order valence-electron chi connectivity index (χ0n) is 7.67. The van der Waals surface area contributed by atoms with E-state index < -0.39 is 0 Å². The molecule has 1 nitrogen and oxygen atoms in total. The summed E-state index contributed by atoms with van der Waals surface area (Å²) in [6, 6.07) is 13.2. The fraction of sp³-hybridized carbons (Fsp3) is 0. The fourth-order valence-electron chi connectivity index (χ4n) is 1.34. The van der Waals surface area contributed by atoms with Crippen molar-refractivity contribution in [3.63, 3.8) is 0 Å². The molecule has 15 heavy (non-hydrogen) atoms. The molecule has 2 aromatic rings. The summed E-state index contributed by atoms with van der Waals surface area (Å²) < 4.78 is 0. The Hall–Kier alpha value is -1.18. The zero-order chi connectivity index (χ0) is 10.8. The molecule has 0 atom stereocenters. The number of aromatic hydroxyl groups is 1. The lowest BCUT2D eigenvalue weighted by Gasteiger charge is -2.04. The first-order chi connectivity index (χ1) is 7.16. The first-order valence-electron chi connectivity index (χ1n) is 4.33. The van der Waals surface area contributed by atoms with Gasteiger partial charge in [0, 0.05) is 11.6 Å². The van der Waals surface area contributed by atoms with Gasteiger partial charge in [0.2, 0.25) is 0 Å². The lowest BCUT2D eigenvalue weighted by Crippen LogP contribution is -1.79. The number of benzene rings is 2. The second-order valence-corrected chi connectivity index (χ2v) is 3.87. The van der Waals surface area contributed by atoms with Crippen molar-refractivity contribution in [1.29, 1.82) is 0 Å². The minimum Gasteiger partial charge on any atom is -0.508 e. The topological polar surface area (TPSA) is 20.2 Å². The van der Waals surface area contributed by atoms with E-state index in [-0.39, 0.29) is 5.75 Å². The summed E-state index contributed by atoms with van der Waals surface area (Å²) in [5.41, 5.74) is 1.64. The van der Waals surface area contributed by atoms with Crippen molar-refractivity contribution in [2.75, 3.05) is 0 Å². The van der Waals surface area contributed by atoms with Gasteiger partial charge in [0.15, 0.2) is 0 Å². The van der Waals surface area contributed by atoms with Gasteiger partial charge in [0.1, 0.15) is 5.75 Å². The molecule has 0 bridgehead atoms. The van der Waals surface area contributed by atoms with Gasteiger partial charge < -0.3 is 5.11 Å². The van der Waals surface area contributed by atoms with Crippen molar-refractivity contribution in [2.45, 2.75) is 0 Å². The Labute approximate surface area is 97.9 Å².